The maximum absolute atomic E-state index is 9.45. The van der Waals surface area contributed by atoms with Gasteiger partial charge in [0, 0.05) is 18.2 Å². The van der Waals surface area contributed by atoms with Crippen LogP contribution in [0, 0.1) is 0 Å². The lowest BCUT2D eigenvalue weighted by Gasteiger charge is -2.21. The van der Waals surface area contributed by atoms with Crippen molar-refractivity contribution < 1.29 is 10.2 Å². The maximum Gasteiger partial charge on any atom is 0.179 e. The standard InChI is InChI=1S/C18H23NO2/c1-13(2)19(3)12-14-8-10-15(11-9-14)16-6-4-5-7-17(16)18(20)21/h4-11,13,18,20-21H,12H2,1-3H3. The molecule has 0 radical (unpaired) electrons. The van der Waals surface area contributed by atoms with Crippen molar-refractivity contribution in [3.05, 3.63) is 59.7 Å². The average Bonchev–Trinajstić information content (AvgIpc) is 2.48. The molecule has 0 heterocycles. The summed E-state index contributed by atoms with van der Waals surface area (Å²) in [6.07, 6.45) is -1.45. The number of benzene rings is 2. The summed E-state index contributed by atoms with van der Waals surface area (Å²) in [5.74, 6) is 0. The first-order valence-electron chi connectivity index (χ1n) is 7.23. The summed E-state index contributed by atoms with van der Waals surface area (Å²) >= 11 is 0. The Morgan fingerprint density at radius 3 is 2.14 bits per heavy atom. The highest BCUT2D eigenvalue weighted by molar-refractivity contribution is 5.67. The molecule has 0 bridgehead atoms. The van der Waals surface area contributed by atoms with E-state index in [1.807, 2.05) is 30.3 Å². The van der Waals surface area contributed by atoms with Crippen LogP contribution in [-0.4, -0.2) is 28.2 Å². The van der Waals surface area contributed by atoms with Crippen LogP contribution in [0.5, 0.6) is 0 Å². The van der Waals surface area contributed by atoms with E-state index in [-0.39, 0.29) is 0 Å². The lowest BCUT2D eigenvalue weighted by molar-refractivity contribution is -0.0420. The van der Waals surface area contributed by atoms with Gasteiger partial charge in [-0.05, 0) is 37.6 Å². The Hall–Kier alpha value is -1.68. The quantitative estimate of drug-likeness (QED) is 0.829. The number of nitrogens with zero attached hydrogens (tertiary/aromatic N) is 1. The zero-order valence-corrected chi connectivity index (χ0v) is 12.8. The Labute approximate surface area is 126 Å². The Balaban J connectivity index is 2.23. The van der Waals surface area contributed by atoms with Gasteiger partial charge < -0.3 is 10.2 Å². The highest BCUT2D eigenvalue weighted by Crippen LogP contribution is 2.27. The first-order valence-corrected chi connectivity index (χ1v) is 7.23. The van der Waals surface area contributed by atoms with Gasteiger partial charge >= 0.3 is 0 Å². The van der Waals surface area contributed by atoms with Crippen LogP contribution in [0.25, 0.3) is 11.1 Å². The third kappa shape index (κ3) is 3.91. The minimum atomic E-state index is -1.45. The molecule has 0 unspecified atom stereocenters. The summed E-state index contributed by atoms with van der Waals surface area (Å²) in [4.78, 5) is 2.28. The van der Waals surface area contributed by atoms with E-state index in [1.54, 1.807) is 6.07 Å². The van der Waals surface area contributed by atoms with E-state index < -0.39 is 6.29 Å². The van der Waals surface area contributed by atoms with Gasteiger partial charge in [0.2, 0.25) is 0 Å². The van der Waals surface area contributed by atoms with Crippen molar-refractivity contribution in [2.45, 2.75) is 32.7 Å². The van der Waals surface area contributed by atoms with Gasteiger partial charge in [-0.1, -0.05) is 48.5 Å². The van der Waals surface area contributed by atoms with Gasteiger partial charge in [0.1, 0.15) is 0 Å². The van der Waals surface area contributed by atoms with Crippen LogP contribution in [-0.2, 0) is 6.54 Å². The molecule has 0 saturated heterocycles. The molecule has 21 heavy (non-hydrogen) atoms. The molecule has 2 N–H and O–H groups in total. The van der Waals surface area contributed by atoms with Crippen LogP contribution >= 0.6 is 0 Å². The molecule has 0 aliphatic carbocycles. The third-order valence-electron chi connectivity index (χ3n) is 3.82. The van der Waals surface area contributed by atoms with Crippen molar-refractivity contribution in [1.82, 2.24) is 4.90 Å². The number of rotatable bonds is 5. The van der Waals surface area contributed by atoms with Crippen LogP contribution < -0.4 is 0 Å². The van der Waals surface area contributed by atoms with E-state index in [0.717, 1.165) is 17.7 Å². The van der Waals surface area contributed by atoms with E-state index in [0.29, 0.717) is 11.6 Å². The molecule has 0 aromatic heterocycles. The molecule has 3 nitrogen and oxygen atoms in total. The summed E-state index contributed by atoms with van der Waals surface area (Å²) in [5, 5.41) is 18.9. The van der Waals surface area contributed by atoms with Crippen molar-refractivity contribution in [1.29, 1.82) is 0 Å². The van der Waals surface area contributed by atoms with E-state index in [2.05, 4.69) is 37.9 Å². The number of aliphatic hydroxyl groups is 2. The largest absolute Gasteiger partial charge is 0.364 e. The second-order valence-corrected chi connectivity index (χ2v) is 5.67. The van der Waals surface area contributed by atoms with Crippen molar-refractivity contribution >= 4 is 0 Å². The van der Waals surface area contributed by atoms with Gasteiger partial charge in [-0.2, -0.15) is 0 Å². The molecule has 0 amide bonds. The molecule has 0 spiro atoms. The maximum atomic E-state index is 9.45. The van der Waals surface area contributed by atoms with Crippen LogP contribution in [0.15, 0.2) is 48.5 Å². The number of hydrogen-bond donors (Lipinski definition) is 2. The third-order valence-corrected chi connectivity index (χ3v) is 3.82. The molecule has 0 aliphatic heterocycles. The van der Waals surface area contributed by atoms with E-state index in [1.165, 1.54) is 5.56 Å². The number of aliphatic hydroxyl groups excluding tert-OH is 1. The second-order valence-electron chi connectivity index (χ2n) is 5.67. The van der Waals surface area contributed by atoms with Crippen LogP contribution in [0.2, 0.25) is 0 Å². The summed E-state index contributed by atoms with van der Waals surface area (Å²) < 4.78 is 0. The van der Waals surface area contributed by atoms with Crippen molar-refractivity contribution in [3.63, 3.8) is 0 Å². The van der Waals surface area contributed by atoms with Crippen LogP contribution in [0.3, 0.4) is 0 Å². The van der Waals surface area contributed by atoms with Crippen LogP contribution in [0.4, 0.5) is 0 Å². The van der Waals surface area contributed by atoms with Crippen molar-refractivity contribution in [2.75, 3.05) is 7.05 Å². The molecule has 2 aromatic rings. The van der Waals surface area contributed by atoms with Gasteiger partial charge in [-0.15, -0.1) is 0 Å². The van der Waals surface area contributed by atoms with Gasteiger partial charge in [0.05, 0.1) is 0 Å². The average molecular weight is 285 g/mol. The van der Waals surface area contributed by atoms with E-state index in [9.17, 15) is 10.2 Å². The van der Waals surface area contributed by atoms with E-state index >= 15 is 0 Å². The predicted octanol–water partition coefficient (Wildman–Crippen LogP) is 3.18. The molecule has 0 fully saturated rings. The summed E-state index contributed by atoms with van der Waals surface area (Å²) in [6, 6.07) is 16.1. The summed E-state index contributed by atoms with van der Waals surface area (Å²) in [5.41, 5.74) is 3.63. The fraction of sp³-hybridized carbons (Fsp3) is 0.333. The number of hydrogen-bond acceptors (Lipinski definition) is 3. The van der Waals surface area contributed by atoms with Crippen molar-refractivity contribution in [3.8, 4) is 11.1 Å². The first-order chi connectivity index (χ1) is 9.99. The molecule has 2 rings (SSSR count). The molecular formula is C18H23NO2. The topological polar surface area (TPSA) is 43.7 Å². The summed E-state index contributed by atoms with van der Waals surface area (Å²) in [6.45, 7) is 5.25. The zero-order valence-electron chi connectivity index (χ0n) is 12.8. The minimum absolute atomic E-state index is 0.509. The molecule has 0 atom stereocenters. The Morgan fingerprint density at radius 2 is 1.57 bits per heavy atom. The SMILES string of the molecule is CC(C)N(C)Cc1ccc(-c2ccccc2C(O)O)cc1. The predicted molar refractivity (Wildman–Crippen MR) is 85.7 cm³/mol. The second kappa shape index (κ2) is 6.85. The Kier molecular flexibility index (Phi) is 5.12. The van der Waals surface area contributed by atoms with E-state index in [4.69, 9.17) is 0 Å². The molecule has 112 valence electrons. The monoisotopic (exact) mass is 285 g/mol. The fourth-order valence-corrected chi connectivity index (χ4v) is 2.25. The minimum Gasteiger partial charge on any atom is -0.364 e. The van der Waals surface area contributed by atoms with Crippen LogP contribution in [0.1, 0.15) is 31.3 Å². The highest BCUT2D eigenvalue weighted by atomic mass is 16.5. The Bertz CT molecular complexity index is 576. The van der Waals surface area contributed by atoms with Gasteiger partial charge in [-0.25, -0.2) is 0 Å². The molecule has 2 aromatic carbocycles. The molecule has 0 aliphatic rings. The smallest absolute Gasteiger partial charge is 0.179 e. The fourth-order valence-electron chi connectivity index (χ4n) is 2.25. The molecule has 3 heteroatoms. The lowest BCUT2D eigenvalue weighted by atomic mass is 9.98. The van der Waals surface area contributed by atoms with Crippen molar-refractivity contribution in [2.24, 2.45) is 0 Å². The lowest BCUT2D eigenvalue weighted by Crippen LogP contribution is -2.25. The normalized spacial score (nSPS) is 11.6. The molecular weight excluding hydrogens is 262 g/mol. The van der Waals surface area contributed by atoms with Gasteiger partial charge in [-0.3, -0.25) is 4.90 Å². The first kappa shape index (κ1) is 15.7. The van der Waals surface area contributed by atoms with Gasteiger partial charge in [0.25, 0.3) is 0 Å². The summed E-state index contributed by atoms with van der Waals surface area (Å²) in [7, 11) is 2.11. The molecule has 0 saturated carbocycles. The highest BCUT2D eigenvalue weighted by Gasteiger charge is 2.10. The zero-order chi connectivity index (χ0) is 15.4. The Morgan fingerprint density at radius 1 is 0.952 bits per heavy atom. The van der Waals surface area contributed by atoms with Gasteiger partial charge in [0.15, 0.2) is 6.29 Å².